The van der Waals surface area contributed by atoms with Gasteiger partial charge in [0.25, 0.3) is 5.91 Å². The van der Waals surface area contributed by atoms with Crippen molar-refractivity contribution >= 4 is 5.91 Å². The number of rotatable bonds is 4. The number of benzene rings is 1. The number of hydrogen-bond donors (Lipinski definition) is 1. The summed E-state index contributed by atoms with van der Waals surface area (Å²) in [4.78, 5) is 16.6. The molecule has 2 heterocycles. The molecule has 0 radical (unpaired) electrons. The molecular weight excluding hydrogens is 314 g/mol. The van der Waals surface area contributed by atoms with Crippen LogP contribution in [0.1, 0.15) is 29.0 Å². The lowest BCUT2D eigenvalue weighted by atomic mass is 10.1. The number of amides is 1. The van der Waals surface area contributed by atoms with Crippen molar-refractivity contribution in [2.45, 2.75) is 13.0 Å². The Hall–Kier alpha value is -3.09. The third-order valence-electron chi connectivity index (χ3n) is 3.50. The lowest BCUT2D eigenvalue weighted by Crippen LogP contribution is -2.27. The van der Waals surface area contributed by atoms with E-state index in [2.05, 4.69) is 15.4 Å². The van der Waals surface area contributed by atoms with Crippen LogP contribution in [-0.2, 0) is 0 Å². The summed E-state index contributed by atoms with van der Waals surface area (Å²) >= 11 is 0. The van der Waals surface area contributed by atoms with Crippen LogP contribution in [0.3, 0.4) is 0 Å². The Morgan fingerprint density at radius 3 is 2.71 bits per heavy atom. The van der Waals surface area contributed by atoms with Crippen molar-refractivity contribution in [3.8, 4) is 5.82 Å². The molecule has 3 rings (SSSR count). The first kappa shape index (κ1) is 15.8. The van der Waals surface area contributed by atoms with Crippen LogP contribution in [0.15, 0.2) is 54.9 Å². The third kappa shape index (κ3) is 3.29. The molecule has 0 spiro atoms. The second kappa shape index (κ2) is 6.57. The van der Waals surface area contributed by atoms with Gasteiger partial charge in [0.1, 0.15) is 5.69 Å². The molecule has 0 aliphatic heterocycles. The summed E-state index contributed by atoms with van der Waals surface area (Å²) in [6.07, 6.45) is 3.33. The normalized spacial score (nSPS) is 12.0. The number of nitrogens with one attached hydrogen (secondary N) is 1. The molecule has 1 N–H and O–H groups in total. The predicted octanol–water partition coefficient (Wildman–Crippen LogP) is 3.04. The summed E-state index contributed by atoms with van der Waals surface area (Å²) < 4.78 is 27.8. The molecular formula is C17H14F2N4O. The molecule has 2 aromatic heterocycles. The first-order chi connectivity index (χ1) is 11.5. The maximum Gasteiger partial charge on any atom is 0.270 e. The van der Waals surface area contributed by atoms with E-state index >= 15 is 0 Å². The highest BCUT2D eigenvalue weighted by molar-refractivity contribution is 5.92. The summed E-state index contributed by atoms with van der Waals surface area (Å²) in [6, 6.07) is 9.76. The molecule has 5 nitrogen and oxygen atoms in total. The average molecular weight is 328 g/mol. The fourth-order valence-corrected chi connectivity index (χ4v) is 2.22. The van der Waals surface area contributed by atoms with Gasteiger partial charge < -0.3 is 5.32 Å². The fraction of sp³-hybridized carbons (Fsp3) is 0.118. The molecule has 7 heteroatoms. The van der Waals surface area contributed by atoms with Crippen LogP contribution >= 0.6 is 0 Å². The van der Waals surface area contributed by atoms with Crippen molar-refractivity contribution in [1.29, 1.82) is 0 Å². The van der Waals surface area contributed by atoms with E-state index in [-0.39, 0.29) is 5.69 Å². The van der Waals surface area contributed by atoms with Crippen molar-refractivity contribution in [3.63, 3.8) is 0 Å². The molecule has 1 amide bonds. The Labute approximate surface area is 137 Å². The van der Waals surface area contributed by atoms with Crippen LogP contribution in [0.25, 0.3) is 5.82 Å². The molecule has 1 atom stereocenters. The van der Waals surface area contributed by atoms with E-state index in [1.807, 2.05) is 0 Å². The Morgan fingerprint density at radius 1 is 1.17 bits per heavy atom. The van der Waals surface area contributed by atoms with E-state index in [9.17, 15) is 13.6 Å². The summed E-state index contributed by atoms with van der Waals surface area (Å²) in [5.41, 5.74) is 0.669. The molecule has 0 bridgehead atoms. The maximum absolute atomic E-state index is 13.3. The monoisotopic (exact) mass is 328 g/mol. The number of pyridine rings is 1. The summed E-state index contributed by atoms with van der Waals surface area (Å²) in [5.74, 6) is -1.78. The molecule has 0 aliphatic rings. The minimum Gasteiger partial charge on any atom is -0.344 e. The number of hydrogen-bond acceptors (Lipinski definition) is 3. The van der Waals surface area contributed by atoms with Crippen LogP contribution < -0.4 is 5.32 Å². The van der Waals surface area contributed by atoms with E-state index in [0.29, 0.717) is 11.4 Å². The fourth-order valence-electron chi connectivity index (χ4n) is 2.22. The Bertz CT molecular complexity index is 865. The highest BCUT2D eigenvalue weighted by atomic mass is 19.2. The standard InChI is InChI=1S/C17H14F2N4O/c1-11(12-6-7-13(18)14(19)10-12)21-17(24)15-4-2-5-16(22-15)23-9-3-8-20-23/h2-11H,1H3,(H,21,24)/t11-/m0/s1. The summed E-state index contributed by atoms with van der Waals surface area (Å²) in [7, 11) is 0. The number of nitrogens with zero attached hydrogens (tertiary/aromatic N) is 3. The molecule has 1 aromatic carbocycles. The zero-order valence-corrected chi connectivity index (χ0v) is 12.8. The number of aromatic nitrogens is 3. The van der Waals surface area contributed by atoms with Gasteiger partial charge in [-0.05, 0) is 42.8 Å². The topological polar surface area (TPSA) is 59.8 Å². The largest absolute Gasteiger partial charge is 0.344 e. The predicted molar refractivity (Wildman–Crippen MR) is 83.6 cm³/mol. The van der Waals surface area contributed by atoms with E-state index in [0.717, 1.165) is 12.1 Å². The molecule has 0 saturated carbocycles. The lowest BCUT2D eigenvalue weighted by Gasteiger charge is -2.14. The van der Waals surface area contributed by atoms with Crippen LogP contribution in [-0.4, -0.2) is 20.7 Å². The van der Waals surface area contributed by atoms with Crippen molar-refractivity contribution < 1.29 is 13.6 Å². The minimum absolute atomic E-state index is 0.206. The van der Waals surface area contributed by atoms with E-state index in [1.54, 1.807) is 43.6 Å². The first-order valence-electron chi connectivity index (χ1n) is 7.27. The summed E-state index contributed by atoms with van der Waals surface area (Å²) in [5, 5.41) is 6.77. The molecule has 24 heavy (non-hydrogen) atoms. The molecule has 0 saturated heterocycles. The molecule has 0 fully saturated rings. The quantitative estimate of drug-likeness (QED) is 0.801. The van der Waals surface area contributed by atoms with Crippen LogP contribution in [0.2, 0.25) is 0 Å². The van der Waals surface area contributed by atoms with Gasteiger partial charge in [-0.3, -0.25) is 4.79 Å². The van der Waals surface area contributed by atoms with Gasteiger partial charge in [-0.15, -0.1) is 0 Å². The second-order valence-corrected chi connectivity index (χ2v) is 5.20. The van der Waals surface area contributed by atoms with E-state index in [4.69, 9.17) is 0 Å². The van der Waals surface area contributed by atoms with Gasteiger partial charge >= 0.3 is 0 Å². The van der Waals surface area contributed by atoms with Gasteiger partial charge in [-0.2, -0.15) is 5.10 Å². The molecule has 122 valence electrons. The molecule has 3 aromatic rings. The third-order valence-corrected chi connectivity index (χ3v) is 3.50. The zero-order chi connectivity index (χ0) is 17.1. The van der Waals surface area contributed by atoms with Gasteiger partial charge in [-0.25, -0.2) is 18.4 Å². The second-order valence-electron chi connectivity index (χ2n) is 5.20. The molecule has 0 aliphatic carbocycles. The highest BCUT2D eigenvalue weighted by Crippen LogP contribution is 2.16. The smallest absolute Gasteiger partial charge is 0.270 e. The first-order valence-corrected chi connectivity index (χ1v) is 7.27. The summed E-state index contributed by atoms with van der Waals surface area (Å²) in [6.45, 7) is 1.68. The van der Waals surface area contributed by atoms with Gasteiger partial charge in [0.05, 0.1) is 6.04 Å². The average Bonchev–Trinajstić information content (AvgIpc) is 3.12. The number of carbonyl (C=O) groups excluding carboxylic acids is 1. The minimum atomic E-state index is -0.951. The van der Waals surface area contributed by atoms with Crippen LogP contribution in [0.5, 0.6) is 0 Å². The zero-order valence-electron chi connectivity index (χ0n) is 12.8. The van der Waals surface area contributed by atoms with Gasteiger partial charge in [0.2, 0.25) is 0 Å². The van der Waals surface area contributed by atoms with Crippen molar-refractivity contribution in [2.75, 3.05) is 0 Å². The van der Waals surface area contributed by atoms with Gasteiger partial charge in [0, 0.05) is 12.4 Å². The van der Waals surface area contributed by atoms with Crippen LogP contribution in [0.4, 0.5) is 8.78 Å². The Balaban J connectivity index is 1.77. The number of carbonyl (C=O) groups is 1. The van der Waals surface area contributed by atoms with Crippen LogP contribution in [0, 0.1) is 11.6 Å². The number of halogens is 2. The maximum atomic E-state index is 13.3. The Kier molecular flexibility index (Phi) is 4.33. The van der Waals surface area contributed by atoms with Crippen molar-refractivity contribution in [2.24, 2.45) is 0 Å². The van der Waals surface area contributed by atoms with E-state index < -0.39 is 23.6 Å². The lowest BCUT2D eigenvalue weighted by molar-refractivity contribution is 0.0934. The molecule has 0 unspecified atom stereocenters. The Morgan fingerprint density at radius 2 is 2.00 bits per heavy atom. The van der Waals surface area contributed by atoms with Gasteiger partial charge in [-0.1, -0.05) is 12.1 Å². The van der Waals surface area contributed by atoms with Crippen molar-refractivity contribution in [3.05, 3.63) is 77.8 Å². The SMILES string of the molecule is C[C@H](NC(=O)c1cccc(-n2cccn2)n1)c1ccc(F)c(F)c1. The highest BCUT2D eigenvalue weighted by Gasteiger charge is 2.15. The van der Waals surface area contributed by atoms with Gasteiger partial charge in [0.15, 0.2) is 17.5 Å². The van der Waals surface area contributed by atoms with Crippen molar-refractivity contribution in [1.82, 2.24) is 20.1 Å². The van der Waals surface area contributed by atoms with E-state index in [1.165, 1.54) is 10.7 Å².